The third-order valence-electron chi connectivity index (χ3n) is 2.12. The summed E-state index contributed by atoms with van der Waals surface area (Å²) in [4.78, 5) is 0. The van der Waals surface area contributed by atoms with Gasteiger partial charge in [-0.3, -0.25) is 0 Å². The smallest absolute Gasteiger partial charge is 0.211 e. The summed E-state index contributed by atoms with van der Waals surface area (Å²) >= 11 is 1.84. The van der Waals surface area contributed by atoms with Crippen LogP contribution in [-0.4, -0.2) is 45.3 Å². The standard InChI is InChI=1S/C10H24N2O2S2/c1-4-15-8-6-10(2)12-16(13,14)9-5-7-11-3/h10-12H,4-9H2,1-3H3. The zero-order chi connectivity index (χ0) is 12.4. The Balaban J connectivity index is 3.77. The lowest BCUT2D eigenvalue weighted by Gasteiger charge is -2.13. The molecular weight excluding hydrogens is 244 g/mol. The van der Waals surface area contributed by atoms with Gasteiger partial charge in [0.25, 0.3) is 0 Å². The second-order valence-electron chi connectivity index (χ2n) is 3.78. The maximum atomic E-state index is 11.6. The fourth-order valence-corrected chi connectivity index (χ4v) is 3.45. The first kappa shape index (κ1) is 16.2. The van der Waals surface area contributed by atoms with Crippen molar-refractivity contribution < 1.29 is 8.42 Å². The van der Waals surface area contributed by atoms with Gasteiger partial charge >= 0.3 is 0 Å². The van der Waals surface area contributed by atoms with E-state index in [0.29, 0.717) is 6.42 Å². The van der Waals surface area contributed by atoms with Gasteiger partial charge in [-0.1, -0.05) is 6.92 Å². The molecule has 0 aromatic heterocycles. The third-order valence-corrected chi connectivity index (χ3v) is 4.64. The van der Waals surface area contributed by atoms with Gasteiger partial charge in [0, 0.05) is 6.04 Å². The van der Waals surface area contributed by atoms with E-state index in [0.717, 1.165) is 24.5 Å². The van der Waals surface area contributed by atoms with Crippen molar-refractivity contribution in [2.45, 2.75) is 32.7 Å². The highest BCUT2D eigenvalue weighted by Crippen LogP contribution is 2.04. The molecule has 0 spiro atoms. The molecule has 0 radical (unpaired) electrons. The van der Waals surface area contributed by atoms with Crippen LogP contribution in [-0.2, 0) is 10.0 Å². The molecule has 16 heavy (non-hydrogen) atoms. The van der Waals surface area contributed by atoms with Crippen molar-refractivity contribution in [2.24, 2.45) is 0 Å². The molecule has 0 amide bonds. The summed E-state index contributed by atoms with van der Waals surface area (Å²) < 4.78 is 25.9. The third kappa shape index (κ3) is 9.45. The van der Waals surface area contributed by atoms with E-state index in [1.165, 1.54) is 0 Å². The SMILES string of the molecule is CCSCCC(C)NS(=O)(=O)CCCNC. The molecule has 0 rings (SSSR count). The average Bonchev–Trinajstić information content (AvgIpc) is 2.17. The molecule has 0 heterocycles. The first-order valence-electron chi connectivity index (χ1n) is 5.74. The Kier molecular flexibility index (Phi) is 9.40. The summed E-state index contributed by atoms with van der Waals surface area (Å²) in [6.45, 7) is 4.77. The zero-order valence-corrected chi connectivity index (χ0v) is 12.1. The van der Waals surface area contributed by atoms with Crippen LogP contribution in [0.4, 0.5) is 0 Å². The lowest BCUT2D eigenvalue weighted by atomic mass is 10.3. The van der Waals surface area contributed by atoms with E-state index < -0.39 is 10.0 Å². The summed E-state index contributed by atoms with van der Waals surface area (Å²) in [6.07, 6.45) is 1.55. The van der Waals surface area contributed by atoms with Gasteiger partial charge in [0.1, 0.15) is 0 Å². The van der Waals surface area contributed by atoms with Crippen molar-refractivity contribution >= 4 is 21.8 Å². The van der Waals surface area contributed by atoms with E-state index in [9.17, 15) is 8.42 Å². The quantitative estimate of drug-likeness (QED) is 0.581. The minimum Gasteiger partial charge on any atom is -0.320 e. The van der Waals surface area contributed by atoms with E-state index in [1.807, 2.05) is 25.7 Å². The van der Waals surface area contributed by atoms with Gasteiger partial charge in [-0.05, 0) is 44.9 Å². The molecule has 0 aliphatic heterocycles. The summed E-state index contributed by atoms with van der Waals surface area (Å²) in [5, 5.41) is 2.94. The first-order valence-corrected chi connectivity index (χ1v) is 8.55. The van der Waals surface area contributed by atoms with Crippen LogP contribution in [0.25, 0.3) is 0 Å². The van der Waals surface area contributed by atoms with Crippen molar-refractivity contribution in [3.63, 3.8) is 0 Å². The predicted molar refractivity (Wildman–Crippen MR) is 72.5 cm³/mol. The highest BCUT2D eigenvalue weighted by Gasteiger charge is 2.13. The largest absolute Gasteiger partial charge is 0.320 e. The molecule has 0 aromatic rings. The Morgan fingerprint density at radius 1 is 1.38 bits per heavy atom. The molecule has 2 N–H and O–H groups in total. The van der Waals surface area contributed by atoms with Crippen LogP contribution in [0, 0.1) is 0 Å². The molecule has 0 saturated heterocycles. The van der Waals surface area contributed by atoms with Gasteiger partial charge in [0.15, 0.2) is 0 Å². The average molecular weight is 268 g/mol. The van der Waals surface area contributed by atoms with Gasteiger partial charge in [0.05, 0.1) is 5.75 Å². The molecule has 0 fully saturated rings. The summed E-state index contributed by atoms with van der Waals surface area (Å²) in [7, 11) is -1.27. The molecule has 6 heteroatoms. The topological polar surface area (TPSA) is 58.2 Å². The van der Waals surface area contributed by atoms with E-state index in [1.54, 1.807) is 0 Å². The minimum absolute atomic E-state index is 0.0404. The van der Waals surface area contributed by atoms with E-state index in [-0.39, 0.29) is 11.8 Å². The molecule has 1 unspecified atom stereocenters. The molecule has 0 bridgehead atoms. The van der Waals surface area contributed by atoms with Gasteiger partial charge in [-0.25, -0.2) is 13.1 Å². The number of sulfonamides is 1. The Bertz CT molecular complexity index is 256. The van der Waals surface area contributed by atoms with Gasteiger partial charge in [-0.2, -0.15) is 11.8 Å². The molecule has 0 aliphatic carbocycles. The van der Waals surface area contributed by atoms with Gasteiger partial charge in [-0.15, -0.1) is 0 Å². The summed E-state index contributed by atoms with van der Waals surface area (Å²) in [6, 6.07) is 0.0404. The van der Waals surface area contributed by atoms with Crippen LogP contribution in [0.15, 0.2) is 0 Å². The van der Waals surface area contributed by atoms with Gasteiger partial charge < -0.3 is 5.32 Å². The molecule has 4 nitrogen and oxygen atoms in total. The van der Waals surface area contributed by atoms with Crippen molar-refractivity contribution in [3.05, 3.63) is 0 Å². The molecule has 1 atom stereocenters. The minimum atomic E-state index is -3.09. The molecular formula is C10H24N2O2S2. The maximum absolute atomic E-state index is 11.6. The van der Waals surface area contributed by atoms with Crippen molar-refractivity contribution in [3.8, 4) is 0 Å². The lowest BCUT2D eigenvalue weighted by molar-refractivity contribution is 0.553. The number of thioether (sulfide) groups is 1. The van der Waals surface area contributed by atoms with Crippen LogP contribution in [0.1, 0.15) is 26.7 Å². The Morgan fingerprint density at radius 3 is 2.62 bits per heavy atom. The monoisotopic (exact) mass is 268 g/mol. The number of rotatable bonds is 10. The van der Waals surface area contributed by atoms with Gasteiger partial charge in [0.2, 0.25) is 10.0 Å². The number of hydrogen-bond donors (Lipinski definition) is 2. The van der Waals surface area contributed by atoms with Crippen LogP contribution in [0.3, 0.4) is 0 Å². The van der Waals surface area contributed by atoms with Crippen LogP contribution >= 0.6 is 11.8 Å². The molecule has 98 valence electrons. The van der Waals surface area contributed by atoms with Crippen LogP contribution in [0.5, 0.6) is 0 Å². The van der Waals surface area contributed by atoms with Crippen LogP contribution < -0.4 is 10.0 Å². The second-order valence-corrected chi connectivity index (χ2v) is 7.05. The van der Waals surface area contributed by atoms with Crippen molar-refractivity contribution in [1.82, 2.24) is 10.0 Å². The zero-order valence-electron chi connectivity index (χ0n) is 10.5. The second kappa shape index (κ2) is 9.27. The first-order chi connectivity index (χ1) is 7.52. The fourth-order valence-electron chi connectivity index (χ4n) is 1.27. The number of nitrogens with one attached hydrogen (secondary N) is 2. The molecule has 0 aromatic carbocycles. The molecule has 0 aliphatic rings. The van der Waals surface area contributed by atoms with E-state index >= 15 is 0 Å². The lowest BCUT2D eigenvalue weighted by Crippen LogP contribution is -2.35. The Labute approximate surface area is 104 Å². The molecule has 0 saturated carbocycles. The maximum Gasteiger partial charge on any atom is 0.211 e. The highest BCUT2D eigenvalue weighted by atomic mass is 32.2. The van der Waals surface area contributed by atoms with Crippen molar-refractivity contribution in [2.75, 3.05) is 30.9 Å². The van der Waals surface area contributed by atoms with Crippen molar-refractivity contribution in [1.29, 1.82) is 0 Å². The van der Waals surface area contributed by atoms with Crippen LogP contribution in [0.2, 0.25) is 0 Å². The highest BCUT2D eigenvalue weighted by molar-refractivity contribution is 7.99. The Morgan fingerprint density at radius 2 is 2.06 bits per heavy atom. The van der Waals surface area contributed by atoms with E-state index in [4.69, 9.17) is 0 Å². The van der Waals surface area contributed by atoms with E-state index in [2.05, 4.69) is 17.0 Å². The normalized spacial score (nSPS) is 13.9. The summed E-state index contributed by atoms with van der Waals surface area (Å²) in [5.74, 6) is 2.30. The summed E-state index contributed by atoms with van der Waals surface area (Å²) in [5.41, 5.74) is 0. The predicted octanol–water partition coefficient (Wildman–Crippen LogP) is 1.05. The number of hydrogen-bond acceptors (Lipinski definition) is 4. The fraction of sp³-hybridized carbons (Fsp3) is 1.00. The Hall–Kier alpha value is 0.220.